The molecule has 0 aliphatic heterocycles. The lowest BCUT2D eigenvalue weighted by Gasteiger charge is -2.34. The number of halogens is 1. The molecule has 0 radical (unpaired) electrons. The highest BCUT2D eigenvalue weighted by Crippen LogP contribution is 2.37. The number of carbonyl (C=O) groups excluding carboxylic acids is 2. The highest BCUT2D eigenvalue weighted by molar-refractivity contribution is 5.95. The van der Waals surface area contributed by atoms with Crippen molar-refractivity contribution in [3.8, 4) is 0 Å². The normalized spacial score (nSPS) is 19.3. The van der Waals surface area contributed by atoms with E-state index in [1.165, 1.54) is 11.8 Å². The van der Waals surface area contributed by atoms with E-state index in [0.717, 1.165) is 30.5 Å². The second-order valence-electron chi connectivity index (χ2n) is 11.4. The molecule has 8 nitrogen and oxygen atoms in total. The first-order valence-electron chi connectivity index (χ1n) is 13.6. The lowest BCUT2D eigenvalue weighted by molar-refractivity contribution is 0.00296. The maximum atomic E-state index is 14.8. The number of aryl methyl sites for hydroxylation is 1. The lowest BCUT2D eigenvalue weighted by atomic mass is 9.91. The largest absolute Gasteiger partial charge is 0.471 e. The molecule has 39 heavy (non-hydrogen) atoms. The molecule has 1 amide bonds. The minimum Gasteiger partial charge on any atom is -0.471 e. The average molecular weight is 538 g/mol. The molecular formula is C30H36FN3O5. The van der Waals surface area contributed by atoms with Gasteiger partial charge in [-0.3, -0.25) is 4.79 Å². The molecule has 3 aliphatic rings. The van der Waals surface area contributed by atoms with Crippen LogP contribution in [0, 0.1) is 0 Å². The van der Waals surface area contributed by atoms with Crippen LogP contribution in [0.5, 0.6) is 0 Å². The van der Waals surface area contributed by atoms with Gasteiger partial charge in [-0.25, -0.2) is 9.18 Å². The van der Waals surface area contributed by atoms with Gasteiger partial charge in [0.25, 0.3) is 5.91 Å². The predicted octanol–water partition coefficient (Wildman–Crippen LogP) is 5.81. The molecule has 1 aromatic heterocycles. The maximum Gasteiger partial charge on any atom is 0.435 e. The molecule has 1 atom stereocenters. The molecule has 5 rings (SSSR count). The number of nitrogens with zero attached hydrogens (tertiary/aromatic N) is 3. The summed E-state index contributed by atoms with van der Waals surface area (Å²) in [6.45, 7) is 5.52. The van der Waals surface area contributed by atoms with Gasteiger partial charge < -0.3 is 19.1 Å². The summed E-state index contributed by atoms with van der Waals surface area (Å²) >= 11 is 0. The summed E-state index contributed by atoms with van der Waals surface area (Å²) in [4.78, 5) is 28.3. The summed E-state index contributed by atoms with van der Waals surface area (Å²) in [5.74, 6) is 0.206. The molecule has 0 spiro atoms. The van der Waals surface area contributed by atoms with Crippen molar-refractivity contribution < 1.29 is 28.2 Å². The van der Waals surface area contributed by atoms with Crippen LogP contribution in [0.3, 0.4) is 0 Å². The highest BCUT2D eigenvalue weighted by atomic mass is 19.1. The third-order valence-corrected chi connectivity index (χ3v) is 7.18. The first-order chi connectivity index (χ1) is 18.6. The Balaban J connectivity index is 1.33. The fourth-order valence-electron chi connectivity index (χ4n) is 5.30. The van der Waals surface area contributed by atoms with Crippen LogP contribution in [0.2, 0.25) is 0 Å². The Bertz CT molecular complexity index is 1300. The maximum absolute atomic E-state index is 14.8. The lowest BCUT2D eigenvalue weighted by Crippen LogP contribution is -2.44. The fraction of sp³-hybridized carbons (Fsp3) is 0.500. The van der Waals surface area contributed by atoms with Gasteiger partial charge in [-0.2, -0.15) is 9.78 Å². The quantitative estimate of drug-likeness (QED) is 0.415. The second-order valence-corrected chi connectivity index (χ2v) is 11.4. The van der Waals surface area contributed by atoms with Gasteiger partial charge in [-0.15, -0.1) is 0 Å². The van der Waals surface area contributed by atoms with Crippen molar-refractivity contribution in [3.05, 3.63) is 70.5 Å². The summed E-state index contributed by atoms with van der Waals surface area (Å²) in [7, 11) is 1.53. The summed E-state index contributed by atoms with van der Waals surface area (Å²) in [6.07, 6.45) is 8.03. The first-order valence-corrected chi connectivity index (χ1v) is 13.6. The number of methoxy groups -OCH3 is 1. The monoisotopic (exact) mass is 537 g/mol. The van der Waals surface area contributed by atoms with Crippen LogP contribution in [0.15, 0.2) is 48.1 Å². The minimum absolute atomic E-state index is 0.0175. The molecule has 2 aromatic rings. The van der Waals surface area contributed by atoms with Gasteiger partial charge in [-0.05, 0) is 88.6 Å². The Morgan fingerprint density at radius 3 is 2.51 bits per heavy atom. The number of hydrogen-bond acceptors (Lipinski definition) is 6. The van der Waals surface area contributed by atoms with Gasteiger partial charge in [0.05, 0.1) is 11.3 Å². The second kappa shape index (κ2) is 11.0. The molecular weight excluding hydrogens is 501 g/mol. The molecule has 1 unspecified atom stereocenters. The summed E-state index contributed by atoms with van der Waals surface area (Å²) in [6, 6.07) is 7.33. The van der Waals surface area contributed by atoms with Crippen molar-refractivity contribution in [1.29, 1.82) is 0 Å². The number of hydrogen-bond donors (Lipinski definition) is 0. The van der Waals surface area contributed by atoms with Crippen molar-refractivity contribution in [1.82, 2.24) is 14.7 Å². The standard InChI is InChI=1S/C30H36FN3O5/c1-30(2,3)39-29(36)33-17-21-16-23(14-15-25(21)32-33)34(22-12-13-22)28(35)20-10-8-19(9-11-20)27-24(31)6-5-7-26(27)38-18-37-4/h6,8-11,17,22-23H,5,7,12-16,18H2,1-4H3. The Morgan fingerprint density at radius 2 is 1.85 bits per heavy atom. The van der Waals surface area contributed by atoms with E-state index in [-0.39, 0.29) is 30.6 Å². The molecule has 1 heterocycles. The third kappa shape index (κ3) is 6.08. The molecule has 1 saturated carbocycles. The summed E-state index contributed by atoms with van der Waals surface area (Å²) in [5, 5.41) is 4.46. The van der Waals surface area contributed by atoms with Crippen LogP contribution in [0.4, 0.5) is 9.18 Å². The summed E-state index contributed by atoms with van der Waals surface area (Å²) < 4.78 is 32.2. The smallest absolute Gasteiger partial charge is 0.435 e. The van der Waals surface area contributed by atoms with E-state index in [1.807, 2.05) is 25.7 Å². The molecule has 0 bridgehead atoms. The first kappa shape index (κ1) is 27.1. The van der Waals surface area contributed by atoms with E-state index in [9.17, 15) is 14.0 Å². The Labute approximate surface area is 228 Å². The zero-order valence-electron chi connectivity index (χ0n) is 23.0. The SMILES string of the molecule is COCOC1=C(c2ccc(C(=O)N(C3CC3)C3CCc4nn(C(=O)OC(C)(C)C)cc4C3)cc2)C(F)=CCC1. The predicted molar refractivity (Wildman–Crippen MR) is 144 cm³/mol. The summed E-state index contributed by atoms with van der Waals surface area (Å²) in [5.41, 5.74) is 2.90. The van der Waals surface area contributed by atoms with Crippen molar-refractivity contribution >= 4 is 17.6 Å². The number of rotatable bonds is 7. The Hall–Kier alpha value is -3.46. The van der Waals surface area contributed by atoms with Crippen LogP contribution in [-0.2, 0) is 27.1 Å². The van der Waals surface area contributed by atoms with Gasteiger partial charge in [-0.1, -0.05) is 12.1 Å². The Kier molecular flexibility index (Phi) is 7.62. The van der Waals surface area contributed by atoms with Crippen LogP contribution in [0.25, 0.3) is 5.57 Å². The van der Waals surface area contributed by atoms with Crippen molar-refractivity contribution in [2.24, 2.45) is 0 Å². The topological polar surface area (TPSA) is 82.9 Å². The van der Waals surface area contributed by atoms with Gasteiger partial charge in [0.2, 0.25) is 0 Å². The van der Waals surface area contributed by atoms with Crippen LogP contribution < -0.4 is 0 Å². The molecule has 1 fully saturated rings. The number of aromatic nitrogens is 2. The Morgan fingerprint density at radius 1 is 1.10 bits per heavy atom. The molecule has 3 aliphatic carbocycles. The van der Waals surface area contributed by atoms with Gasteiger partial charge in [0.15, 0.2) is 6.79 Å². The number of benzene rings is 1. The fourth-order valence-corrected chi connectivity index (χ4v) is 5.30. The molecule has 1 aromatic carbocycles. The van der Waals surface area contributed by atoms with E-state index in [2.05, 4.69) is 5.10 Å². The highest BCUT2D eigenvalue weighted by Gasteiger charge is 2.39. The molecule has 0 saturated heterocycles. The average Bonchev–Trinajstić information content (AvgIpc) is 3.63. The van der Waals surface area contributed by atoms with Crippen molar-refractivity contribution in [2.45, 2.75) is 83.4 Å². The van der Waals surface area contributed by atoms with E-state index in [0.29, 0.717) is 48.1 Å². The van der Waals surface area contributed by atoms with Gasteiger partial charge >= 0.3 is 6.09 Å². The van der Waals surface area contributed by atoms with Gasteiger partial charge in [0.1, 0.15) is 17.2 Å². The zero-order chi connectivity index (χ0) is 27.7. The minimum atomic E-state index is -0.606. The molecule has 9 heteroatoms. The zero-order valence-corrected chi connectivity index (χ0v) is 23.0. The number of fused-ring (bicyclic) bond motifs is 1. The molecule has 0 N–H and O–H groups in total. The number of allylic oxidation sites excluding steroid dienone is 4. The van der Waals surface area contributed by atoms with Crippen molar-refractivity contribution in [3.63, 3.8) is 0 Å². The number of ether oxygens (including phenoxy) is 3. The van der Waals surface area contributed by atoms with Crippen molar-refractivity contribution in [2.75, 3.05) is 13.9 Å². The van der Waals surface area contributed by atoms with Crippen LogP contribution in [-0.4, -0.2) is 58.3 Å². The number of carbonyl (C=O) groups is 2. The third-order valence-electron chi connectivity index (χ3n) is 7.18. The van der Waals surface area contributed by atoms with Gasteiger partial charge in [0, 0.05) is 37.4 Å². The number of amides is 1. The van der Waals surface area contributed by atoms with E-state index in [4.69, 9.17) is 14.2 Å². The van der Waals surface area contributed by atoms with Crippen LogP contribution in [0.1, 0.15) is 80.1 Å². The van der Waals surface area contributed by atoms with E-state index < -0.39 is 11.7 Å². The van der Waals surface area contributed by atoms with E-state index >= 15 is 0 Å². The molecule has 208 valence electrons. The van der Waals surface area contributed by atoms with E-state index in [1.54, 1.807) is 36.5 Å². The van der Waals surface area contributed by atoms with Crippen LogP contribution >= 0.6 is 0 Å².